The van der Waals surface area contributed by atoms with E-state index in [-0.39, 0.29) is 22.8 Å². The van der Waals surface area contributed by atoms with Crippen molar-refractivity contribution in [3.05, 3.63) is 89.1 Å². The zero-order chi connectivity index (χ0) is 22.8. The summed E-state index contributed by atoms with van der Waals surface area (Å²) in [5.41, 5.74) is 1.04. The third-order valence-electron chi connectivity index (χ3n) is 5.07. The number of ether oxygens (including phenoxy) is 1. The van der Waals surface area contributed by atoms with Crippen LogP contribution >= 0.6 is 0 Å². The minimum absolute atomic E-state index is 0.0326. The smallest absolute Gasteiger partial charge is 0.294 e. The summed E-state index contributed by atoms with van der Waals surface area (Å²) >= 11 is 0. The molecule has 1 amide bonds. The van der Waals surface area contributed by atoms with Gasteiger partial charge in [-0.2, -0.15) is 5.26 Å². The van der Waals surface area contributed by atoms with Gasteiger partial charge in [-0.05, 0) is 61.0 Å². The zero-order valence-corrected chi connectivity index (χ0v) is 17.0. The number of nitrogens with zero attached hydrogens (tertiary/aromatic N) is 2. The maximum atomic E-state index is 13.2. The molecule has 1 aromatic heterocycles. The fraction of sp³-hybridized carbons (Fsp3) is 0.125. The van der Waals surface area contributed by atoms with Gasteiger partial charge in [0, 0.05) is 5.69 Å². The van der Waals surface area contributed by atoms with Crippen LogP contribution in [0.2, 0.25) is 0 Å². The second-order valence-electron chi connectivity index (χ2n) is 6.97. The summed E-state index contributed by atoms with van der Waals surface area (Å²) in [6, 6.07) is 14.6. The van der Waals surface area contributed by atoms with Crippen LogP contribution in [0.25, 0.3) is 0 Å². The molecule has 0 radical (unpaired) electrons. The minimum atomic E-state index is -1.02. The molecule has 160 valence electrons. The standard InChI is InChI=1S/C24H18N2O6/c1-2-31-19-12-15(7-10-17(19)27)21-20(22(28)18-4-3-11-32-18)23(29)24(30)26(21)16-8-5-14(13-25)6-9-16/h3-12,21,27,29H,2H2,1H3. The molecule has 3 aromatic rings. The van der Waals surface area contributed by atoms with Crippen molar-refractivity contribution < 1.29 is 29.0 Å². The van der Waals surface area contributed by atoms with Gasteiger partial charge in [0.25, 0.3) is 5.91 Å². The number of hydrogen-bond acceptors (Lipinski definition) is 7. The first-order valence-corrected chi connectivity index (χ1v) is 9.77. The molecule has 4 rings (SSSR count). The first-order valence-electron chi connectivity index (χ1n) is 9.77. The number of aliphatic hydroxyl groups is 1. The Morgan fingerprint density at radius 2 is 1.94 bits per heavy atom. The van der Waals surface area contributed by atoms with E-state index < -0.39 is 23.5 Å². The van der Waals surface area contributed by atoms with Gasteiger partial charge in [-0.1, -0.05) is 6.07 Å². The molecule has 1 aliphatic heterocycles. The van der Waals surface area contributed by atoms with Crippen molar-refractivity contribution in [2.75, 3.05) is 11.5 Å². The Balaban J connectivity index is 1.89. The van der Waals surface area contributed by atoms with Crippen LogP contribution < -0.4 is 9.64 Å². The summed E-state index contributed by atoms with van der Waals surface area (Å²) in [7, 11) is 0. The number of aliphatic hydroxyl groups excluding tert-OH is 1. The first kappa shape index (κ1) is 20.8. The van der Waals surface area contributed by atoms with Gasteiger partial charge in [0.1, 0.15) is 0 Å². The summed E-state index contributed by atoms with van der Waals surface area (Å²) in [6.07, 6.45) is 1.32. The predicted octanol–water partition coefficient (Wildman–Crippen LogP) is 4.04. The Labute approximate surface area is 183 Å². The van der Waals surface area contributed by atoms with Crippen LogP contribution in [0.4, 0.5) is 5.69 Å². The number of hydrogen-bond donors (Lipinski definition) is 2. The largest absolute Gasteiger partial charge is 0.504 e. The number of furan rings is 1. The molecule has 2 heterocycles. The molecular formula is C24H18N2O6. The highest BCUT2D eigenvalue weighted by Crippen LogP contribution is 2.43. The van der Waals surface area contributed by atoms with Crippen molar-refractivity contribution in [2.45, 2.75) is 13.0 Å². The number of benzene rings is 2. The summed E-state index contributed by atoms with van der Waals surface area (Å²) in [6.45, 7) is 2.05. The average molecular weight is 430 g/mol. The highest BCUT2D eigenvalue weighted by molar-refractivity contribution is 6.20. The van der Waals surface area contributed by atoms with E-state index in [0.717, 1.165) is 0 Å². The SMILES string of the molecule is CCOc1cc(C2C(C(=O)c3ccco3)=C(O)C(=O)N2c2ccc(C#N)cc2)ccc1O. The summed E-state index contributed by atoms with van der Waals surface area (Å²) in [4.78, 5) is 27.5. The molecule has 0 saturated carbocycles. The minimum Gasteiger partial charge on any atom is -0.504 e. The maximum absolute atomic E-state index is 13.2. The van der Waals surface area contributed by atoms with E-state index in [2.05, 4.69) is 0 Å². The lowest BCUT2D eigenvalue weighted by atomic mass is 9.94. The lowest BCUT2D eigenvalue weighted by Crippen LogP contribution is -2.31. The number of carbonyl (C=O) groups excluding carboxylic acids is 2. The number of rotatable bonds is 6. The second kappa shape index (κ2) is 8.32. The van der Waals surface area contributed by atoms with Gasteiger partial charge in [-0.3, -0.25) is 14.5 Å². The molecule has 2 aromatic carbocycles. The van der Waals surface area contributed by atoms with Crippen LogP contribution in [0, 0.1) is 11.3 Å². The first-order chi connectivity index (χ1) is 15.5. The molecule has 32 heavy (non-hydrogen) atoms. The van der Waals surface area contributed by atoms with Gasteiger partial charge in [0.2, 0.25) is 5.78 Å². The third kappa shape index (κ3) is 3.46. The molecule has 0 aliphatic carbocycles. The Hall–Kier alpha value is -4.51. The van der Waals surface area contributed by atoms with Gasteiger partial charge in [-0.15, -0.1) is 0 Å². The highest BCUT2D eigenvalue weighted by Gasteiger charge is 2.45. The van der Waals surface area contributed by atoms with Crippen molar-refractivity contribution in [1.82, 2.24) is 0 Å². The fourth-order valence-electron chi connectivity index (χ4n) is 3.63. The van der Waals surface area contributed by atoms with Crippen LogP contribution in [0.3, 0.4) is 0 Å². The van der Waals surface area contributed by atoms with E-state index in [4.69, 9.17) is 14.4 Å². The van der Waals surface area contributed by atoms with Crippen molar-refractivity contribution in [1.29, 1.82) is 5.26 Å². The molecule has 8 nitrogen and oxygen atoms in total. The van der Waals surface area contributed by atoms with Crippen LogP contribution in [0.1, 0.15) is 34.6 Å². The summed E-state index contributed by atoms with van der Waals surface area (Å²) in [5.74, 6) is -2.08. The quantitative estimate of drug-likeness (QED) is 0.566. The maximum Gasteiger partial charge on any atom is 0.294 e. The summed E-state index contributed by atoms with van der Waals surface area (Å²) in [5, 5.41) is 29.9. The van der Waals surface area contributed by atoms with Crippen molar-refractivity contribution in [3.63, 3.8) is 0 Å². The number of aromatic hydroxyl groups is 1. The number of Topliss-reactive ketones (excluding diaryl/α,β-unsaturated/α-hetero) is 1. The van der Waals surface area contributed by atoms with Gasteiger partial charge >= 0.3 is 0 Å². The molecule has 1 unspecified atom stereocenters. The van der Waals surface area contributed by atoms with Crippen LogP contribution in [-0.2, 0) is 4.79 Å². The van der Waals surface area contributed by atoms with Crippen LogP contribution in [0.5, 0.6) is 11.5 Å². The predicted molar refractivity (Wildman–Crippen MR) is 113 cm³/mol. The van der Waals surface area contributed by atoms with Gasteiger partial charge in [0.05, 0.1) is 36.1 Å². The number of nitriles is 1. The Morgan fingerprint density at radius 1 is 1.19 bits per heavy atom. The van der Waals surface area contributed by atoms with Crippen molar-refractivity contribution in [2.24, 2.45) is 0 Å². The topological polar surface area (TPSA) is 124 Å². The number of amides is 1. The number of phenolic OH excluding ortho intramolecular Hbond substituents is 1. The zero-order valence-electron chi connectivity index (χ0n) is 17.0. The average Bonchev–Trinajstić information content (AvgIpc) is 3.43. The number of carbonyl (C=O) groups is 2. The monoisotopic (exact) mass is 430 g/mol. The highest BCUT2D eigenvalue weighted by atomic mass is 16.5. The molecule has 0 bridgehead atoms. The molecule has 1 atom stereocenters. The van der Waals surface area contributed by atoms with Gasteiger partial charge < -0.3 is 19.4 Å². The van der Waals surface area contributed by atoms with E-state index in [1.165, 1.54) is 47.6 Å². The lowest BCUT2D eigenvalue weighted by Gasteiger charge is -2.27. The van der Waals surface area contributed by atoms with E-state index in [1.54, 1.807) is 25.1 Å². The van der Waals surface area contributed by atoms with Crippen molar-refractivity contribution >= 4 is 17.4 Å². The molecule has 0 saturated heterocycles. The number of ketones is 1. The second-order valence-corrected chi connectivity index (χ2v) is 6.97. The number of phenols is 1. The summed E-state index contributed by atoms with van der Waals surface area (Å²) < 4.78 is 10.7. The van der Waals surface area contributed by atoms with Crippen LogP contribution in [-0.4, -0.2) is 28.5 Å². The van der Waals surface area contributed by atoms with E-state index >= 15 is 0 Å². The van der Waals surface area contributed by atoms with Gasteiger partial charge in [0.15, 0.2) is 23.0 Å². The van der Waals surface area contributed by atoms with Crippen molar-refractivity contribution in [3.8, 4) is 17.6 Å². The Kier molecular flexibility index (Phi) is 5.39. The normalized spacial score (nSPS) is 15.7. The van der Waals surface area contributed by atoms with Gasteiger partial charge in [-0.25, -0.2) is 0 Å². The van der Waals surface area contributed by atoms with Crippen LogP contribution in [0.15, 0.2) is 76.6 Å². The number of anilines is 1. The lowest BCUT2D eigenvalue weighted by molar-refractivity contribution is -0.117. The molecule has 0 spiro atoms. The molecule has 8 heteroatoms. The Bertz CT molecular complexity index is 1250. The Morgan fingerprint density at radius 3 is 2.56 bits per heavy atom. The molecule has 0 fully saturated rings. The molecular weight excluding hydrogens is 412 g/mol. The fourth-order valence-corrected chi connectivity index (χ4v) is 3.63. The van der Waals surface area contributed by atoms with E-state index in [1.807, 2.05) is 6.07 Å². The third-order valence-corrected chi connectivity index (χ3v) is 5.07. The van der Waals surface area contributed by atoms with E-state index in [9.17, 15) is 19.8 Å². The molecule has 1 aliphatic rings. The molecule has 2 N–H and O–H groups in total. The van der Waals surface area contributed by atoms with E-state index in [0.29, 0.717) is 23.4 Å².